The van der Waals surface area contributed by atoms with Gasteiger partial charge >= 0.3 is 0 Å². The molecule has 0 unspecified atom stereocenters. The molecule has 0 bridgehead atoms. The molecule has 1 spiro atoms. The zero-order chi connectivity index (χ0) is 29.2. The zero-order valence-electron chi connectivity index (χ0n) is 24.5. The number of carbonyl (C=O) groups excluding carboxylic acids is 1. The number of rotatable bonds is 11. The van der Waals surface area contributed by atoms with E-state index in [1.54, 1.807) is 24.0 Å². The molecule has 2 aliphatic heterocycles. The van der Waals surface area contributed by atoms with Crippen LogP contribution < -0.4 is 4.90 Å². The summed E-state index contributed by atoms with van der Waals surface area (Å²) in [7, 11) is -3.24. The maximum absolute atomic E-state index is 16.0. The first-order valence-electron chi connectivity index (χ1n) is 14.2. The van der Waals surface area contributed by atoms with Gasteiger partial charge in [-0.1, -0.05) is 51.4 Å². The summed E-state index contributed by atoms with van der Waals surface area (Å²) in [4.78, 5) is 16.2. The van der Waals surface area contributed by atoms with E-state index in [2.05, 4.69) is 59.2 Å². The van der Waals surface area contributed by atoms with E-state index in [0.717, 1.165) is 28.6 Å². The number of carbonyl (C=O) groups is 1. The van der Waals surface area contributed by atoms with Crippen LogP contribution in [0, 0.1) is 5.92 Å². The van der Waals surface area contributed by atoms with Crippen LogP contribution in [-0.4, -0.2) is 53.7 Å². The molecule has 1 amide bonds. The Morgan fingerprint density at radius 1 is 1.27 bits per heavy atom. The molecule has 0 aliphatic carbocycles. The van der Waals surface area contributed by atoms with E-state index in [0.29, 0.717) is 31.6 Å². The Labute approximate surface area is 246 Å². The molecule has 218 valence electrons. The van der Waals surface area contributed by atoms with Gasteiger partial charge in [0.2, 0.25) is 8.41 Å². The topological polar surface area (TPSA) is 80.5 Å². The Hall–Kier alpha value is -2.14. The lowest BCUT2D eigenvalue weighted by Crippen LogP contribution is -2.45. The Kier molecular flexibility index (Phi) is 9.54. The van der Waals surface area contributed by atoms with E-state index in [1.807, 2.05) is 30.0 Å². The molecule has 3 heterocycles. The van der Waals surface area contributed by atoms with Gasteiger partial charge in [-0.3, -0.25) is 9.48 Å². The van der Waals surface area contributed by atoms with Crippen molar-refractivity contribution in [1.29, 1.82) is 0 Å². The number of allylic oxidation sites excluding steroid dienone is 3. The first kappa shape index (κ1) is 30.8. The highest BCUT2D eigenvalue weighted by Gasteiger charge is 2.66. The molecule has 1 N–H and O–H groups in total. The summed E-state index contributed by atoms with van der Waals surface area (Å²) in [5, 5.41) is 17.5. The number of aliphatic hydroxyl groups excluding tert-OH is 1. The number of aliphatic hydroxyl groups is 1. The minimum Gasteiger partial charge on any atom is -0.396 e. The standard InChI is InChI=1S/C30H42BrFN4O3Si/c1-20(2)8-7-9-21(3)12-16-36-26-11-10-23(31)18-25(26)30(29(36)38)22(4)28(40(5,6)32)27(39-30)13-15-35-19-24(14-17-37)33-34-35/h8,10-12,18-19,22,27-28,37H,7,9,13-17H2,1-6H3/b21-12+/t22-,27+,28-,30+/m0/s1. The van der Waals surface area contributed by atoms with Gasteiger partial charge in [-0.05, 0) is 71.3 Å². The number of amides is 1. The number of benzene rings is 1. The summed E-state index contributed by atoms with van der Waals surface area (Å²) in [6, 6.07) is 5.88. The van der Waals surface area contributed by atoms with Gasteiger partial charge in [0.05, 0.1) is 17.5 Å². The number of nitrogens with zero attached hydrogens (tertiary/aromatic N) is 4. The fraction of sp³-hybridized carbons (Fsp3) is 0.567. The van der Waals surface area contributed by atoms with Crippen molar-refractivity contribution >= 4 is 35.9 Å². The molecule has 7 nitrogen and oxygen atoms in total. The molecular formula is C30H42BrFN4O3Si. The van der Waals surface area contributed by atoms with Crippen molar-refractivity contribution in [1.82, 2.24) is 15.0 Å². The normalized spacial score (nSPS) is 24.7. The van der Waals surface area contributed by atoms with E-state index in [-0.39, 0.29) is 24.0 Å². The highest BCUT2D eigenvalue weighted by molar-refractivity contribution is 9.10. The van der Waals surface area contributed by atoms with E-state index < -0.39 is 20.1 Å². The van der Waals surface area contributed by atoms with Crippen LogP contribution in [0.2, 0.25) is 18.6 Å². The van der Waals surface area contributed by atoms with Crippen molar-refractivity contribution in [3.05, 3.63) is 63.4 Å². The third kappa shape index (κ3) is 6.20. The fourth-order valence-corrected chi connectivity index (χ4v) is 9.25. The molecule has 4 atom stereocenters. The third-order valence-corrected chi connectivity index (χ3v) is 11.2. The predicted molar refractivity (Wildman–Crippen MR) is 162 cm³/mol. The van der Waals surface area contributed by atoms with E-state index >= 15 is 4.11 Å². The minimum absolute atomic E-state index is 0.00588. The number of fused-ring (bicyclic) bond motifs is 2. The Morgan fingerprint density at radius 2 is 2.02 bits per heavy atom. The molecule has 1 fully saturated rings. The zero-order valence-corrected chi connectivity index (χ0v) is 27.0. The number of anilines is 1. The molecule has 1 aromatic heterocycles. The average Bonchev–Trinajstić information content (AvgIpc) is 3.51. The molecule has 2 aromatic rings. The number of aromatic nitrogens is 3. The van der Waals surface area contributed by atoms with Gasteiger partial charge < -0.3 is 18.9 Å². The predicted octanol–water partition coefficient (Wildman–Crippen LogP) is 6.48. The third-order valence-electron chi connectivity index (χ3n) is 8.23. The Balaban J connectivity index is 1.64. The monoisotopic (exact) mass is 632 g/mol. The second kappa shape index (κ2) is 12.4. The van der Waals surface area contributed by atoms with Gasteiger partial charge in [0.1, 0.15) is 0 Å². The first-order valence-corrected chi connectivity index (χ1v) is 17.9. The molecule has 1 saturated heterocycles. The van der Waals surface area contributed by atoms with E-state index in [1.165, 1.54) is 11.1 Å². The summed E-state index contributed by atoms with van der Waals surface area (Å²) >= 11 is 3.60. The highest BCUT2D eigenvalue weighted by atomic mass is 79.9. The number of halogens is 2. The van der Waals surface area contributed by atoms with Crippen molar-refractivity contribution < 1.29 is 18.7 Å². The molecule has 0 radical (unpaired) electrons. The Morgan fingerprint density at radius 3 is 2.70 bits per heavy atom. The summed E-state index contributed by atoms with van der Waals surface area (Å²) in [6.07, 6.45) is 8.57. The second-order valence-corrected chi connectivity index (χ2v) is 16.7. The fourth-order valence-electron chi connectivity index (χ4n) is 6.34. The maximum atomic E-state index is 16.0. The van der Waals surface area contributed by atoms with E-state index in [9.17, 15) is 9.90 Å². The van der Waals surface area contributed by atoms with Crippen molar-refractivity contribution in [2.24, 2.45) is 5.92 Å². The lowest BCUT2D eigenvalue weighted by Gasteiger charge is -2.31. The van der Waals surface area contributed by atoms with Crippen LogP contribution in [0.3, 0.4) is 0 Å². The summed E-state index contributed by atoms with van der Waals surface area (Å²) in [6.45, 7) is 12.7. The van der Waals surface area contributed by atoms with Crippen LogP contribution in [0.5, 0.6) is 0 Å². The van der Waals surface area contributed by atoms with Crippen molar-refractivity contribution in [3.8, 4) is 0 Å². The van der Waals surface area contributed by atoms with Crippen LogP contribution >= 0.6 is 15.9 Å². The number of hydrogen-bond donors (Lipinski definition) is 1. The smallest absolute Gasteiger partial charge is 0.264 e. The minimum atomic E-state index is -3.24. The number of ether oxygens (including phenoxy) is 1. The second-order valence-electron chi connectivity index (χ2n) is 12.0. The summed E-state index contributed by atoms with van der Waals surface area (Å²) < 4.78 is 25.4. The van der Waals surface area contributed by atoms with Crippen molar-refractivity contribution in [2.75, 3.05) is 18.1 Å². The molecule has 4 rings (SSSR count). The van der Waals surface area contributed by atoms with Crippen LogP contribution in [0.15, 0.2) is 52.2 Å². The first-order chi connectivity index (χ1) is 18.9. The summed E-state index contributed by atoms with van der Waals surface area (Å²) in [5.74, 6) is -0.448. The largest absolute Gasteiger partial charge is 0.396 e. The molecule has 2 aliphatic rings. The van der Waals surface area contributed by atoms with E-state index in [4.69, 9.17) is 4.74 Å². The number of hydrogen-bond acceptors (Lipinski definition) is 5. The lowest BCUT2D eigenvalue weighted by atomic mass is 9.82. The van der Waals surface area contributed by atoms with Crippen molar-refractivity contribution in [2.45, 2.75) is 90.3 Å². The molecule has 1 aromatic carbocycles. The quantitative estimate of drug-likeness (QED) is 0.174. The van der Waals surface area contributed by atoms with Gasteiger partial charge in [-0.25, -0.2) is 0 Å². The van der Waals surface area contributed by atoms with Crippen LogP contribution in [0.25, 0.3) is 0 Å². The molecule has 10 heteroatoms. The molecular weight excluding hydrogens is 591 g/mol. The average molecular weight is 634 g/mol. The number of aryl methyl sites for hydroxylation is 1. The van der Waals surface area contributed by atoms with Gasteiger partial charge in [0.25, 0.3) is 5.91 Å². The van der Waals surface area contributed by atoms with Crippen LogP contribution in [0.4, 0.5) is 9.80 Å². The Bertz CT molecular complexity index is 1290. The molecule has 0 saturated carbocycles. The van der Waals surface area contributed by atoms with Crippen LogP contribution in [0.1, 0.15) is 58.2 Å². The van der Waals surface area contributed by atoms with Gasteiger partial charge in [0, 0.05) is 53.8 Å². The van der Waals surface area contributed by atoms with Gasteiger partial charge in [-0.15, -0.1) is 5.10 Å². The lowest BCUT2D eigenvalue weighted by molar-refractivity contribution is -0.145. The highest BCUT2D eigenvalue weighted by Crippen LogP contribution is 2.60. The maximum Gasteiger partial charge on any atom is 0.264 e. The van der Waals surface area contributed by atoms with Crippen LogP contribution in [-0.2, 0) is 28.1 Å². The SMILES string of the molecule is CC(C)=CCC/C(C)=C/CN1C(=O)[C@]2(O[C@H](CCn3cc(CCO)nn3)[C@@H]([Si](C)(C)F)[C@@H]2C)c2cc(Br)ccc21. The summed E-state index contributed by atoms with van der Waals surface area (Å²) in [5.41, 5.74) is 3.27. The van der Waals surface area contributed by atoms with Gasteiger partial charge in [-0.2, -0.15) is 0 Å². The molecule has 40 heavy (non-hydrogen) atoms. The van der Waals surface area contributed by atoms with Crippen molar-refractivity contribution in [3.63, 3.8) is 0 Å². The van der Waals surface area contributed by atoms with Gasteiger partial charge in [0.15, 0.2) is 5.60 Å².